The molecule has 3 rings (SSSR count). The normalized spacial score (nSPS) is 11.0. The second-order valence-electron chi connectivity index (χ2n) is 5.30. The summed E-state index contributed by atoms with van der Waals surface area (Å²) in [6.45, 7) is 8.40. The molecule has 0 radical (unpaired) electrons. The van der Waals surface area contributed by atoms with Crippen molar-refractivity contribution in [3.63, 3.8) is 0 Å². The van der Waals surface area contributed by atoms with Crippen molar-refractivity contribution >= 4 is 17.2 Å². The van der Waals surface area contributed by atoms with E-state index < -0.39 is 0 Å². The molecule has 3 nitrogen and oxygen atoms in total. The molecule has 0 amide bonds. The van der Waals surface area contributed by atoms with Gasteiger partial charge in [0.25, 0.3) is 0 Å². The maximum atomic E-state index is 4.63. The van der Waals surface area contributed by atoms with Gasteiger partial charge in [-0.2, -0.15) is 0 Å². The van der Waals surface area contributed by atoms with Crippen LogP contribution in [0.1, 0.15) is 22.5 Å². The molecule has 20 heavy (non-hydrogen) atoms. The molecule has 2 heterocycles. The largest absolute Gasteiger partial charge is 0.339 e. The third-order valence-electron chi connectivity index (χ3n) is 3.74. The number of imidazole rings is 1. The predicted molar refractivity (Wildman–Crippen MR) is 83.9 cm³/mol. The summed E-state index contributed by atoms with van der Waals surface area (Å²) in [5, 5.41) is 3.57. The topological polar surface area (TPSA) is 29.3 Å². The number of rotatable bonds is 2. The van der Waals surface area contributed by atoms with Crippen LogP contribution in [0.4, 0.5) is 11.5 Å². The maximum absolute atomic E-state index is 4.63. The lowest BCUT2D eigenvalue weighted by atomic mass is 10.1. The summed E-state index contributed by atoms with van der Waals surface area (Å²) in [6, 6.07) is 12.5. The molecule has 0 fully saturated rings. The zero-order chi connectivity index (χ0) is 14.3. The summed E-state index contributed by atoms with van der Waals surface area (Å²) >= 11 is 0. The summed E-state index contributed by atoms with van der Waals surface area (Å²) in [5.41, 5.74) is 6.83. The van der Waals surface area contributed by atoms with E-state index in [9.17, 15) is 0 Å². The molecular weight excluding hydrogens is 246 g/mol. The highest BCUT2D eigenvalue weighted by atomic mass is 15.1. The highest BCUT2D eigenvalue weighted by molar-refractivity contribution is 5.68. The van der Waals surface area contributed by atoms with Gasteiger partial charge in [-0.25, -0.2) is 4.98 Å². The monoisotopic (exact) mass is 265 g/mol. The molecule has 0 aliphatic rings. The van der Waals surface area contributed by atoms with Gasteiger partial charge in [-0.15, -0.1) is 0 Å². The molecule has 0 spiro atoms. The minimum Gasteiger partial charge on any atom is -0.339 e. The van der Waals surface area contributed by atoms with Crippen molar-refractivity contribution in [2.75, 3.05) is 5.32 Å². The van der Waals surface area contributed by atoms with Crippen LogP contribution >= 0.6 is 0 Å². The number of anilines is 2. The van der Waals surface area contributed by atoms with Crippen LogP contribution in [0.15, 0.2) is 36.4 Å². The van der Waals surface area contributed by atoms with Crippen LogP contribution in [-0.4, -0.2) is 9.38 Å². The molecule has 3 aromatic rings. The first kappa shape index (κ1) is 12.7. The molecular formula is C17H19N3. The lowest BCUT2D eigenvalue weighted by molar-refractivity contribution is 1.09. The molecule has 0 atom stereocenters. The van der Waals surface area contributed by atoms with E-state index in [1.165, 1.54) is 22.5 Å². The van der Waals surface area contributed by atoms with Crippen molar-refractivity contribution in [3.05, 3.63) is 58.9 Å². The van der Waals surface area contributed by atoms with E-state index in [-0.39, 0.29) is 0 Å². The van der Waals surface area contributed by atoms with E-state index >= 15 is 0 Å². The minimum absolute atomic E-state index is 0.983. The van der Waals surface area contributed by atoms with Crippen LogP contribution in [0.2, 0.25) is 0 Å². The van der Waals surface area contributed by atoms with Gasteiger partial charge >= 0.3 is 0 Å². The summed E-state index contributed by atoms with van der Waals surface area (Å²) in [7, 11) is 0. The molecule has 2 aromatic heterocycles. The molecule has 1 aromatic carbocycles. The zero-order valence-electron chi connectivity index (χ0n) is 12.4. The van der Waals surface area contributed by atoms with Crippen molar-refractivity contribution < 1.29 is 0 Å². The number of fused-ring (bicyclic) bond motifs is 1. The van der Waals surface area contributed by atoms with E-state index in [0.29, 0.717) is 0 Å². The number of hydrogen-bond donors (Lipinski definition) is 1. The molecule has 0 saturated carbocycles. The number of nitrogens with one attached hydrogen (secondary N) is 1. The van der Waals surface area contributed by atoms with Gasteiger partial charge in [-0.3, -0.25) is 4.40 Å². The van der Waals surface area contributed by atoms with E-state index in [1.54, 1.807) is 0 Å². The number of aromatic nitrogens is 2. The first-order valence-corrected chi connectivity index (χ1v) is 6.86. The molecule has 102 valence electrons. The third kappa shape index (κ3) is 1.95. The first-order chi connectivity index (χ1) is 9.58. The quantitative estimate of drug-likeness (QED) is 0.748. The molecule has 0 aliphatic heterocycles. The average Bonchev–Trinajstić information content (AvgIpc) is 2.71. The molecule has 1 N–H and O–H groups in total. The highest BCUT2D eigenvalue weighted by Crippen LogP contribution is 2.27. The van der Waals surface area contributed by atoms with E-state index in [0.717, 1.165) is 17.2 Å². The fourth-order valence-electron chi connectivity index (χ4n) is 2.64. The zero-order valence-corrected chi connectivity index (χ0v) is 12.4. The van der Waals surface area contributed by atoms with Crippen LogP contribution in [-0.2, 0) is 0 Å². The van der Waals surface area contributed by atoms with Crippen molar-refractivity contribution in [1.82, 2.24) is 9.38 Å². The second kappa shape index (κ2) is 4.67. The lowest BCUT2D eigenvalue weighted by Crippen LogP contribution is -2.02. The summed E-state index contributed by atoms with van der Waals surface area (Å²) in [4.78, 5) is 4.63. The Morgan fingerprint density at radius 1 is 0.900 bits per heavy atom. The fraction of sp³-hybridized carbons (Fsp3) is 0.235. The Kier molecular flexibility index (Phi) is 2.97. The summed E-state index contributed by atoms with van der Waals surface area (Å²) < 4.78 is 2.17. The van der Waals surface area contributed by atoms with Gasteiger partial charge in [0.15, 0.2) is 0 Å². The first-order valence-electron chi connectivity index (χ1n) is 6.86. The average molecular weight is 265 g/mol. The molecule has 0 aliphatic carbocycles. The molecule has 0 saturated heterocycles. The Hall–Kier alpha value is -2.29. The summed E-state index contributed by atoms with van der Waals surface area (Å²) in [5.74, 6) is 1.05. The van der Waals surface area contributed by atoms with Gasteiger partial charge < -0.3 is 5.32 Å². The smallest absolute Gasteiger partial charge is 0.138 e. The molecule has 0 unspecified atom stereocenters. The van der Waals surface area contributed by atoms with Gasteiger partial charge in [0.1, 0.15) is 11.5 Å². The van der Waals surface area contributed by atoms with Gasteiger partial charge in [0.2, 0.25) is 0 Å². The van der Waals surface area contributed by atoms with E-state index in [2.05, 4.69) is 59.7 Å². The van der Waals surface area contributed by atoms with Crippen molar-refractivity contribution in [2.24, 2.45) is 0 Å². The number of nitrogens with zero attached hydrogens (tertiary/aromatic N) is 2. The molecule has 0 bridgehead atoms. The van der Waals surface area contributed by atoms with Crippen LogP contribution in [0.5, 0.6) is 0 Å². The van der Waals surface area contributed by atoms with Crippen molar-refractivity contribution in [2.45, 2.75) is 27.7 Å². The maximum Gasteiger partial charge on any atom is 0.138 e. The standard InChI is InChI=1S/C17H19N3/c1-11-7-5-8-12(2)16(11)19-17-14(4)18-15-10-6-9-13(3)20(15)17/h5-10,19H,1-4H3. The number of hydrogen-bond acceptors (Lipinski definition) is 2. The van der Waals surface area contributed by atoms with Crippen LogP contribution in [0.25, 0.3) is 5.65 Å². The van der Waals surface area contributed by atoms with Crippen LogP contribution < -0.4 is 5.32 Å². The number of aryl methyl sites for hydroxylation is 4. The van der Waals surface area contributed by atoms with E-state index in [1.807, 2.05) is 19.1 Å². The fourth-order valence-corrected chi connectivity index (χ4v) is 2.64. The Bertz CT molecular complexity index is 764. The highest BCUT2D eigenvalue weighted by Gasteiger charge is 2.12. The van der Waals surface area contributed by atoms with Crippen molar-refractivity contribution in [3.8, 4) is 0 Å². The Balaban J connectivity index is 2.18. The number of para-hydroxylation sites is 1. The van der Waals surface area contributed by atoms with Crippen molar-refractivity contribution in [1.29, 1.82) is 0 Å². The van der Waals surface area contributed by atoms with Crippen LogP contribution in [0, 0.1) is 27.7 Å². The van der Waals surface area contributed by atoms with Gasteiger partial charge in [-0.05, 0) is 51.0 Å². The van der Waals surface area contributed by atoms with Crippen LogP contribution in [0.3, 0.4) is 0 Å². The SMILES string of the molecule is Cc1cccc(C)c1Nc1c(C)nc2cccc(C)n12. The Morgan fingerprint density at radius 2 is 1.55 bits per heavy atom. The predicted octanol–water partition coefficient (Wildman–Crippen LogP) is 4.31. The minimum atomic E-state index is 0.983. The lowest BCUT2D eigenvalue weighted by Gasteiger charge is -2.14. The Morgan fingerprint density at radius 3 is 2.25 bits per heavy atom. The Labute approximate surface area is 119 Å². The number of benzene rings is 1. The second-order valence-corrected chi connectivity index (χ2v) is 5.30. The van der Waals surface area contributed by atoms with Gasteiger partial charge in [0, 0.05) is 11.4 Å². The molecule has 3 heteroatoms. The third-order valence-corrected chi connectivity index (χ3v) is 3.74. The number of pyridine rings is 1. The van der Waals surface area contributed by atoms with Gasteiger partial charge in [0.05, 0.1) is 5.69 Å². The van der Waals surface area contributed by atoms with Gasteiger partial charge in [-0.1, -0.05) is 24.3 Å². The van der Waals surface area contributed by atoms with E-state index in [4.69, 9.17) is 0 Å². The summed E-state index contributed by atoms with van der Waals surface area (Å²) in [6.07, 6.45) is 0.